The van der Waals surface area contributed by atoms with E-state index in [1.807, 2.05) is 31.2 Å². The minimum atomic E-state index is 0.440. The molecule has 2 aromatic carbocycles. The van der Waals surface area contributed by atoms with Crippen LogP contribution in [0, 0.1) is 18.3 Å². The largest absolute Gasteiger partial charge is 0.192 e. The van der Waals surface area contributed by atoms with Gasteiger partial charge < -0.3 is 0 Å². The summed E-state index contributed by atoms with van der Waals surface area (Å²) in [7, 11) is 0. The van der Waals surface area contributed by atoms with Crippen LogP contribution in [0.2, 0.25) is 10.0 Å². The van der Waals surface area contributed by atoms with Gasteiger partial charge in [0.1, 0.15) is 0 Å². The van der Waals surface area contributed by atoms with Gasteiger partial charge in [0.05, 0.1) is 21.7 Å². The van der Waals surface area contributed by atoms with Crippen molar-refractivity contribution in [3.05, 3.63) is 67.6 Å². The number of benzene rings is 2. The van der Waals surface area contributed by atoms with Crippen molar-refractivity contribution in [3.63, 3.8) is 0 Å². The lowest BCUT2D eigenvalue weighted by Crippen LogP contribution is -1.84. The number of allylic oxidation sites excluding steroid dienone is 1. The molecule has 0 atom stereocenters. The fraction of sp³-hybridized carbons (Fsp3) is 0.0625. The minimum Gasteiger partial charge on any atom is -0.192 e. The van der Waals surface area contributed by atoms with Crippen LogP contribution in [0.4, 0.5) is 0 Å². The highest BCUT2D eigenvalue weighted by molar-refractivity contribution is 9.10. The molecule has 0 aliphatic carbocycles. The number of hydrogen-bond donors (Lipinski definition) is 0. The van der Waals surface area contributed by atoms with Gasteiger partial charge in [0, 0.05) is 4.47 Å². The third-order valence-electron chi connectivity index (χ3n) is 2.86. The molecule has 0 amide bonds. The van der Waals surface area contributed by atoms with Gasteiger partial charge in [-0.1, -0.05) is 57.3 Å². The van der Waals surface area contributed by atoms with E-state index in [2.05, 4.69) is 22.0 Å². The van der Waals surface area contributed by atoms with Crippen molar-refractivity contribution in [1.29, 1.82) is 5.26 Å². The first-order valence-electron chi connectivity index (χ1n) is 5.84. The van der Waals surface area contributed by atoms with E-state index in [0.717, 1.165) is 21.2 Å². The first kappa shape index (κ1) is 15.1. The Bertz CT molecular complexity index is 730. The van der Waals surface area contributed by atoms with E-state index < -0.39 is 0 Å². The number of aryl methyl sites for hydroxylation is 1. The molecule has 0 unspecified atom stereocenters. The van der Waals surface area contributed by atoms with Crippen molar-refractivity contribution in [2.45, 2.75) is 6.92 Å². The molecule has 4 heteroatoms. The van der Waals surface area contributed by atoms with E-state index >= 15 is 0 Å². The normalized spacial score (nSPS) is 11.2. The number of nitriles is 1. The van der Waals surface area contributed by atoms with Crippen LogP contribution in [0.1, 0.15) is 16.7 Å². The molecule has 0 bridgehead atoms. The summed E-state index contributed by atoms with van der Waals surface area (Å²) in [4.78, 5) is 0. The number of halogens is 3. The van der Waals surface area contributed by atoms with Crippen LogP contribution in [0.15, 0.2) is 40.9 Å². The Morgan fingerprint density at radius 2 is 1.90 bits per heavy atom. The number of hydrogen-bond acceptors (Lipinski definition) is 1. The lowest BCUT2D eigenvalue weighted by Gasteiger charge is -2.03. The summed E-state index contributed by atoms with van der Waals surface area (Å²) < 4.78 is 1.01. The zero-order valence-electron chi connectivity index (χ0n) is 10.6. The van der Waals surface area contributed by atoms with Gasteiger partial charge in [-0.3, -0.25) is 0 Å². The molecule has 0 radical (unpaired) electrons. The smallest absolute Gasteiger partial charge is 0.0998 e. The van der Waals surface area contributed by atoms with E-state index in [1.165, 1.54) is 0 Å². The van der Waals surface area contributed by atoms with Crippen LogP contribution in [0.25, 0.3) is 11.6 Å². The van der Waals surface area contributed by atoms with E-state index in [-0.39, 0.29) is 0 Å². The fourth-order valence-electron chi connectivity index (χ4n) is 1.71. The predicted octanol–water partition coefficient (Wildman–Crippen LogP) is 6.13. The van der Waals surface area contributed by atoms with E-state index in [4.69, 9.17) is 23.2 Å². The average Bonchev–Trinajstić information content (AvgIpc) is 2.43. The molecular weight excluding hydrogens is 357 g/mol. The van der Waals surface area contributed by atoms with Crippen molar-refractivity contribution in [2.24, 2.45) is 0 Å². The standard InChI is InChI=1S/C16H10BrCl2N/c1-10-2-3-11(7-14(10)17)6-13(9-20)12-4-5-15(18)16(19)8-12/h2-8H,1H3/b13-6-. The Labute approximate surface area is 136 Å². The molecule has 0 aliphatic heterocycles. The van der Waals surface area contributed by atoms with Gasteiger partial charge in [-0.2, -0.15) is 5.26 Å². The molecule has 0 fully saturated rings. The summed E-state index contributed by atoms with van der Waals surface area (Å²) in [6.07, 6.45) is 1.82. The molecule has 0 heterocycles. The molecule has 0 aromatic heterocycles. The molecule has 20 heavy (non-hydrogen) atoms. The third kappa shape index (κ3) is 3.43. The lowest BCUT2D eigenvalue weighted by atomic mass is 10.0. The second-order valence-corrected chi connectivity index (χ2v) is 5.98. The van der Waals surface area contributed by atoms with Crippen LogP contribution in [-0.2, 0) is 0 Å². The summed E-state index contributed by atoms with van der Waals surface area (Å²) in [5.41, 5.74) is 3.39. The Hall–Kier alpha value is -1.27. The van der Waals surface area contributed by atoms with Crippen molar-refractivity contribution in [3.8, 4) is 6.07 Å². The highest BCUT2D eigenvalue weighted by Crippen LogP contribution is 2.27. The summed E-state index contributed by atoms with van der Waals surface area (Å²) in [5.74, 6) is 0. The zero-order chi connectivity index (χ0) is 14.7. The quantitative estimate of drug-likeness (QED) is 0.463. The van der Waals surface area contributed by atoms with E-state index in [1.54, 1.807) is 18.2 Å². The minimum absolute atomic E-state index is 0.440. The molecule has 0 aliphatic rings. The van der Waals surface area contributed by atoms with E-state index in [0.29, 0.717) is 15.6 Å². The first-order chi connectivity index (χ1) is 9.51. The molecule has 2 rings (SSSR count). The molecule has 0 spiro atoms. The maximum atomic E-state index is 9.32. The Morgan fingerprint density at radius 3 is 2.50 bits per heavy atom. The van der Waals surface area contributed by atoms with Gasteiger partial charge in [-0.15, -0.1) is 0 Å². The second-order valence-electron chi connectivity index (χ2n) is 4.31. The van der Waals surface area contributed by atoms with Crippen LogP contribution < -0.4 is 0 Å². The second kappa shape index (κ2) is 6.45. The first-order valence-corrected chi connectivity index (χ1v) is 7.39. The maximum absolute atomic E-state index is 9.32. The van der Waals surface area contributed by atoms with Gasteiger partial charge in [0.25, 0.3) is 0 Å². The van der Waals surface area contributed by atoms with E-state index in [9.17, 15) is 5.26 Å². The van der Waals surface area contributed by atoms with Crippen LogP contribution >= 0.6 is 39.1 Å². The van der Waals surface area contributed by atoms with Gasteiger partial charge >= 0.3 is 0 Å². The molecular formula is C16H10BrCl2N. The van der Waals surface area contributed by atoms with Crippen molar-refractivity contribution in [1.82, 2.24) is 0 Å². The Kier molecular flexibility index (Phi) is 4.88. The monoisotopic (exact) mass is 365 g/mol. The number of nitrogens with zero attached hydrogens (tertiary/aromatic N) is 1. The maximum Gasteiger partial charge on any atom is 0.0998 e. The average molecular weight is 367 g/mol. The van der Waals surface area contributed by atoms with Crippen molar-refractivity contribution in [2.75, 3.05) is 0 Å². The van der Waals surface area contributed by atoms with Crippen LogP contribution in [0.3, 0.4) is 0 Å². The van der Waals surface area contributed by atoms with Crippen molar-refractivity contribution < 1.29 is 0 Å². The molecule has 100 valence electrons. The predicted molar refractivity (Wildman–Crippen MR) is 88.8 cm³/mol. The van der Waals surface area contributed by atoms with Crippen LogP contribution in [-0.4, -0.2) is 0 Å². The highest BCUT2D eigenvalue weighted by Gasteiger charge is 2.05. The zero-order valence-corrected chi connectivity index (χ0v) is 13.7. The molecule has 0 saturated carbocycles. The van der Waals surface area contributed by atoms with Gasteiger partial charge in [0.2, 0.25) is 0 Å². The van der Waals surface area contributed by atoms with Gasteiger partial charge in [-0.25, -0.2) is 0 Å². The topological polar surface area (TPSA) is 23.8 Å². The highest BCUT2D eigenvalue weighted by atomic mass is 79.9. The Morgan fingerprint density at radius 1 is 1.15 bits per heavy atom. The molecule has 1 nitrogen and oxygen atoms in total. The van der Waals surface area contributed by atoms with Crippen LogP contribution in [0.5, 0.6) is 0 Å². The van der Waals surface area contributed by atoms with Gasteiger partial charge in [0.15, 0.2) is 0 Å². The van der Waals surface area contributed by atoms with Crippen molar-refractivity contribution >= 4 is 50.8 Å². The number of rotatable bonds is 2. The fourth-order valence-corrected chi connectivity index (χ4v) is 2.40. The third-order valence-corrected chi connectivity index (χ3v) is 4.45. The summed E-state index contributed by atoms with van der Waals surface area (Å²) in [6, 6.07) is 13.3. The molecule has 0 N–H and O–H groups in total. The Balaban J connectivity index is 2.46. The van der Waals surface area contributed by atoms with Gasteiger partial charge in [-0.05, 0) is 47.9 Å². The summed E-state index contributed by atoms with van der Waals surface area (Å²) >= 11 is 15.4. The molecule has 2 aromatic rings. The molecule has 0 saturated heterocycles. The summed E-state index contributed by atoms with van der Waals surface area (Å²) in [6.45, 7) is 2.02. The summed E-state index contributed by atoms with van der Waals surface area (Å²) in [5, 5.41) is 10.2. The SMILES string of the molecule is Cc1ccc(/C=C(/C#N)c2ccc(Cl)c(Cl)c2)cc1Br. The lowest BCUT2D eigenvalue weighted by molar-refractivity contribution is 1.42.